The van der Waals surface area contributed by atoms with Crippen molar-refractivity contribution in [2.45, 2.75) is 19.8 Å². The Kier molecular flexibility index (Phi) is 3.94. The Hall–Kier alpha value is -2.49. The van der Waals surface area contributed by atoms with E-state index in [1.807, 2.05) is 12.1 Å². The monoisotopic (exact) mass is 269 g/mol. The Bertz CT molecular complexity index is 704. The fourth-order valence-corrected chi connectivity index (χ4v) is 2.20. The van der Waals surface area contributed by atoms with Crippen molar-refractivity contribution in [3.8, 4) is 0 Å². The molecule has 2 N–H and O–H groups in total. The lowest BCUT2D eigenvalue weighted by Crippen LogP contribution is -2.14. The number of carboxylic acids is 1. The molecule has 0 atom stereocenters. The van der Waals surface area contributed by atoms with Gasteiger partial charge < -0.3 is 10.5 Å². The molecule has 102 valence electrons. The SMILES string of the molecule is CCC(=O)C(=N)Cc1ccc(C(=O)O)c2ccccc12. The zero-order chi connectivity index (χ0) is 14.7. The Morgan fingerprint density at radius 3 is 2.35 bits per heavy atom. The van der Waals surface area contributed by atoms with E-state index in [4.69, 9.17) is 5.41 Å². The number of rotatable bonds is 5. The van der Waals surface area contributed by atoms with Crippen LogP contribution >= 0.6 is 0 Å². The molecule has 2 rings (SSSR count). The molecule has 0 aromatic heterocycles. The van der Waals surface area contributed by atoms with Gasteiger partial charge in [-0.1, -0.05) is 37.3 Å². The number of Topliss-reactive ketones (excluding diaryl/α,β-unsaturated/α-hetero) is 1. The third-order valence-corrected chi connectivity index (χ3v) is 3.27. The van der Waals surface area contributed by atoms with E-state index in [0.29, 0.717) is 11.8 Å². The second kappa shape index (κ2) is 5.65. The van der Waals surface area contributed by atoms with Gasteiger partial charge in [-0.2, -0.15) is 0 Å². The summed E-state index contributed by atoms with van der Waals surface area (Å²) in [6.07, 6.45) is 0.539. The van der Waals surface area contributed by atoms with Crippen LogP contribution in [-0.2, 0) is 11.2 Å². The van der Waals surface area contributed by atoms with Gasteiger partial charge in [0.15, 0.2) is 5.78 Å². The van der Waals surface area contributed by atoms with Crippen LogP contribution in [0.2, 0.25) is 0 Å². The van der Waals surface area contributed by atoms with Gasteiger partial charge in [0, 0.05) is 12.8 Å². The summed E-state index contributed by atoms with van der Waals surface area (Å²) >= 11 is 0. The van der Waals surface area contributed by atoms with Crippen molar-refractivity contribution >= 4 is 28.2 Å². The van der Waals surface area contributed by atoms with Crippen molar-refractivity contribution in [1.82, 2.24) is 0 Å². The van der Waals surface area contributed by atoms with E-state index in [2.05, 4.69) is 0 Å². The molecule has 0 unspecified atom stereocenters. The van der Waals surface area contributed by atoms with E-state index in [-0.39, 0.29) is 23.5 Å². The van der Waals surface area contributed by atoms with Crippen molar-refractivity contribution in [2.75, 3.05) is 0 Å². The van der Waals surface area contributed by atoms with Gasteiger partial charge in [0.25, 0.3) is 0 Å². The fraction of sp³-hybridized carbons (Fsp3) is 0.188. The second-order valence-electron chi connectivity index (χ2n) is 4.56. The van der Waals surface area contributed by atoms with Gasteiger partial charge >= 0.3 is 5.97 Å². The predicted molar refractivity (Wildman–Crippen MR) is 77.6 cm³/mol. The summed E-state index contributed by atoms with van der Waals surface area (Å²) in [5.41, 5.74) is 1.09. The topological polar surface area (TPSA) is 78.2 Å². The normalized spacial score (nSPS) is 10.4. The highest BCUT2D eigenvalue weighted by Crippen LogP contribution is 2.23. The van der Waals surface area contributed by atoms with Crippen molar-refractivity contribution < 1.29 is 14.7 Å². The minimum atomic E-state index is -0.979. The molecule has 20 heavy (non-hydrogen) atoms. The number of carbonyl (C=O) groups is 2. The molecule has 0 bridgehead atoms. The lowest BCUT2D eigenvalue weighted by atomic mass is 9.95. The number of ketones is 1. The van der Waals surface area contributed by atoms with Crippen LogP contribution in [0.1, 0.15) is 29.3 Å². The largest absolute Gasteiger partial charge is 0.478 e. The Balaban J connectivity index is 2.51. The third-order valence-electron chi connectivity index (χ3n) is 3.27. The maximum Gasteiger partial charge on any atom is 0.336 e. The van der Waals surface area contributed by atoms with Gasteiger partial charge in [0.05, 0.1) is 11.3 Å². The second-order valence-corrected chi connectivity index (χ2v) is 4.56. The average Bonchev–Trinajstić information content (AvgIpc) is 2.46. The van der Waals surface area contributed by atoms with Crippen LogP contribution in [0.15, 0.2) is 36.4 Å². The summed E-state index contributed by atoms with van der Waals surface area (Å²) in [6, 6.07) is 10.4. The lowest BCUT2D eigenvalue weighted by Gasteiger charge is -2.09. The number of hydrogen-bond donors (Lipinski definition) is 2. The van der Waals surface area contributed by atoms with Gasteiger partial charge in [-0.3, -0.25) is 4.79 Å². The molecule has 0 fully saturated rings. The van der Waals surface area contributed by atoms with Crippen LogP contribution < -0.4 is 0 Å². The van der Waals surface area contributed by atoms with Crippen LogP contribution in [0.4, 0.5) is 0 Å². The van der Waals surface area contributed by atoms with Crippen LogP contribution in [0.25, 0.3) is 10.8 Å². The predicted octanol–water partition coefficient (Wildman–Crippen LogP) is 3.08. The van der Waals surface area contributed by atoms with Crippen molar-refractivity contribution in [1.29, 1.82) is 5.41 Å². The maximum atomic E-state index is 11.5. The number of hydrogen-bond acceptors (Lipinski definition) is 3. The first-order chi connectivity index (χ1) is 9.54. The number of nitrogens with one attached hydrogen (secondary N) is 1. The molecule has 0 heterocycles. The first-order valence-corrected chi connectivity index (χ1v) is 6.39. The summed E-state index contributed by atoms with van der Waals surface area (Å²) in [4.78, 5) is 22.7. The Labute approximate surface area is 116 Å². The van der Waals surface area contributed by atoms with E-state index < -0.39 is 5.97 Å². The minimum Gasteiger partial charge on any atom is -0.478 e. The van der Waals surface area contributed by atoms with Crippen LogP contribution in [0.3, 0.4) is 0 Å². The van der Waals surface area contributed by atoms with Crippen molar-refractivity contribution in [3.63, 3.8) is 0 Å². The summed E-state index contributed by atoms with van der Waals surface area (Å²) < 4.78 is 0. The summed E-state index contributed by atoms with van der Waals surface area (Å²) in [6.45, 7) is 1.72. The van der Waals surface area contributed by atoms with Crippen molar-refractivity contribution in [2.24, 2.45) is 0 Å². The highest BCUT2D eigenvalue weighted by Gasteiger charge is 2.14. The summed E-state index contributed by atoms with van der Waals surface area (Å²) in [5, 5.41) is 18.4. The average molecular weight is 269 g/mol. The molecular weight excluding hydrogens is 254 g/mol. The molecule has 0 saturated heterocycles. The maximum absolute atomic E-state index is 11.5. The zero-order valence-electron chi connectivity index (χ0n) is 11.1. The number of benzene rings is 2. The lowest BCUT2D eigenvalue weighted by molar-refractivity contribution is -0.112. The number of carboxylic acid groups (broad SMARTS) is 1. The molecular formula is C16H15NO3. The molecule has 4 heteroatoms. The molecule has 0 aliphatic carbocycles. The third kappa shape index (κ3) is 2.59. The molecule has 0 saturated carbocycles. The fourth-order valence-electron chi connectivity index (χ4n) is 2.20. The Morgan fingerprint density at radius 2 is 1.75 bits per heavy atom. The quantitative estimate of drug-likeness (QED) is 0.819. The standard InChI is InChI=1S/C16H15NO3/c1-2-15(18)14(17)9-10-7-8-13(16(19)20)12-6-4-3-5-11(10)12/h3-8,17H,2,9H2,1H3,(H,19,20). The smallest absolute Gasteiger partial charge is 0.336 e. The number of carbonyl (C=O) groups excluding carboxylic acids is 1. The molecule has 0 spiro atoms. The summed E-state index contributed by atoms with van der Waals surface area (Å²) in [5.74, 6) is -1.16. The Morgan fingerprint density at radius 1 is 1.10 bits per heavy atom. The van der Waals surface area contributed by atoms with Gasteiger partial charge in [-0.15, -0.1) is 0 Å². The van der Waals surface area contributed by atoms with Gasteiger partial charge in [-0.05, 0) is 22.4 Å². The number of fused-ring (bicyclic) bond motifs is 1. The first-order valence-electron chi connectivity index (χ1n) is 6.39. The van der Waals surface area contributed by atoms with Gasteiger partial charge in [0.2, 0.25) is 0 Å². The van der Waals surface area contributed by atoms with E-state index >= 15 is 0 Å². The van der Waals surface area contributed by atoms with Crippen LogP contribution in [0.5, 0.6) is 0 Å². The van der Waals surface area contributed by atoms with Gasteiger partial charge in [-0.25, -0.2) is 4.79 Å². The van der Waals surface area contributed by atoms with Crippen molar-refractivity contribution in [3.05, 3.63) is 47.5 Å². The molecule has 0 aliphatic heterocycles. The first kappa shape index (κ1) is 13.9. The van der Waals surface area contributed by atoms with E-state index in [1.54, 1.807) is 25.1 Å². The van der Waals surface area contributed by atoms with E-state index in [1.165, 1.54) is 6.07 Å². The molecule has 2 aromatic carbocycles. The highest BCUT2D eigenvalue weighted by molar-refractivity contribution is 6.39. The van der Waals surface area contributed by atoms with E-state index in [0.717, 1.165) is 10.9 Å². The van der Waals surface area contributed by atoms with Crippen LogP contribution in [-0.4, -0.2) is 22.6 Å². The molecule has 0 radical (unpaired) electrons. The molecule has 0 aliphatic rings. The number of aromatic carboxylic acids is 1. The highest BCUT2D eigenvalue weighted by atomic mass is 16.4. The molecule has 4 nitrogen and oxygen atoms in total. The van der Waals surface area contributed by atoms with Crippen LogP contribution in [0, 0.1) is 5.41 Å². The molecule has 2 aromatic rings. The van der Waals surface area contributed by atoms with E-state index in [9.17, 15) is 14.7 Å². The van der Waals surface area contributed by atoms with Gasteiger partial charge in [0.1, 0.15) is 0 Å². The molecule has 0 amide bonds. The zero-order valence-corrected chi connectivity index (χ0v) is 11.1. The summed E-state index contributed by atoms with van der Waals surface area (Å²) in [7, 11) is 0. The minimum absolute atomic E-state index is 0.0562.